The maximum absolute atomic E-state index is 6.01. The minimum absolute atomic E-state index is 0.185. The first-order valence-corrected chi connectivity index (χ1v) is 9.92. The molecule has 1 rings (SSSR count). The van der Waals surface area contributed by atoms with E-state index in [2.05, 4.69) is 58.1 Å². The number of hydrogen-bond donors (Lipinski definition) is 0. The summed E-state index contributed by atoms with van der Waals surface area (Å²) in [7, 11) is -1.43. The zero-order valence-corrected chi connectivity index (χ0v) is 13.2. The van der Waals surface area contributed by atoms with Gasteiger partial charge in [0.1, 0.15) is 0 Å². The first kappa shape index (κ1) is 12.9. The van der Waals surface area contributed by atoms with Crippen LogP contribution in [-0.4, -0.2) is 17.7 Å². The summed E-state index contributed by atoms with van der Waals surface area (Å²) in [5.41, 5.74) is 0. The quantitative estimate of drug-likeness (QED) is 0.412. The highest BCUT2D eigenvalue weighted by molar-refractivity contribution is 9.25. The third-order valence-corrected chi connectivity index (χ3v) is 5.19. The third-order valence-electron chi connectivity index (χ3n) is 2.24. The van der Waals surface area contributed by atoms with Gasteiger partial charge < -0.3 is 4.43 Å². The van der Waals surface area contributed by atoms with Gasteiger partial charge in [-0.15, -0.1) is 6.58 Å². The molecular weight excluding hydrogens is 324 g/mol. The molecule has 0 aliphatic heterocycles. The molecule has 0 aromatic heterocycles. The summed E-state index contributed by atoms with van der Waals surface area (Å²) < 4.78 is 6.19. The highest BCUT2D eigenvalue weighted by atomic mass is 79.9. The topological polar surface area (TPSA) is 9.23 Å². The number of alkyl halides is 2. The van der Waals surface area contributed by atoms with Crippen LogP contribution in [0.5, 0.6) is 0 Å². The Morgan fingerprint density at radius 3 is 2.36 bits per heavy atom. The van der Waals surface area contributed by atoms with Crippen molar-refractivity contribution < 1.29 is 4.43 Å². The summed E-state index contributed by atoms with van der Waals surface area (Å²) in [6.07, 6.45) is 4.42. The zero-order valence-electron chi connectivity index (χ0n) is 9.02. The van der Waals surface area contributed by atoms with E-state index >= 15 is 0 Å². The van der Waals surface area contributed by atoms with Crippen molar-refractivity contribution in [2.45, 2.75) is 41.8 Å². The van der Waals surface area contributed by atoms with Crippen LogP contribution in [0.2, 0.25) is 19.6 Å². The SMILES string of the molecule is C=CC(CC1CC1(Br)Br)O[Si](C)(C)C. The fourth-order valence-electron chi connectivity index (χ4n) is 1.45. The Kier molecular flexibility index (Phi) is 4.07. The zero-order chi connectivity index (χ0) is 11.0. The monoisotopic (exact) mass is 340 g/mol. The van der Waals surface area contributed by atoms with Crippen molar-refractivity contribution in [2.75, 3.05) is 0 Å². The van der Waals surface area contributed by atoms with Gasteiger partial charge in [0.25, 0.3) is 0 Å². The lowest BCUT2D eigenvalue weighted by atomic mass is 10.2. The second-order valence-corrected chi connectivity index (χ2v) is 13.3. The molecule has 1 fully saturated rings. The van der Waals surface area contributed by atoms with Gasteiger partial charge >= 0.3 is 0 Å². The minimum Gasteiger partial charge on any atom is -0.411 e. The van der Waals surface area contributed by atoms with Crippen LogP contribution < -0.4 is 0 Å². The molecule has 14 heavy (non-hydrogen) atoms. The number of halogens is 2. The third kappa shape index (κ3) is 4.17. The van der Waals surface area contributed by atoms with Gasteiger partial charge in [0.05, 0.1) is 9.34 Å². The molecule has 1 aliphatic rings. The second-order valence-electron chi connectivity index (χ2n) is 4.90. The van der Waals surface area contributed by atoms with Crippen molar-refractivity contribution in [2.24, 2.45) is 5.92 Å². The van der Waals surface area contributed by atoms with Crippen LogP contribution in [0.3, 0.4) is 0 Å². The average Bonchev–Trinajstić information content (AvgIpc) is 2.54. The van der Waals surface area contributed by atoms with Crippen LogP contribution in [-0.2, 0) is 4.43 Å². The van der Waals surface area contributed by atoms with Crippen molar-refractivity contribution >= 4 is 40.2 Å². The van der Waals surface area contributed by atoms with Gasteiger partial charge in [-0.25, -0.2) is 0 Å². The summed E-state index contributed by atoms with van der Waals surface area (Å²) >= 11 is 7.26. The maximum atomic E-state index is 6.01. The Hall–Kier alpha value is 0.877. The lowest BCUT2D eigenvalue weighted by Gasteiger charge is -2.24. The molecule has 0 saturated heterocycles. The molecule has 4 heteroatoms. The van der Waals surface area contributed by atoms with Crippen molar-refractivity contribution in [3.8, 4) is 0 Å². The fourth-order valence-corrected chi connectivity index (χ4v) is 3.71. The normalized spacial score (nSPS) is 27.1. The molecule has 1 saturated carbocycles. The van der Waals surface area contributed by atoms with Crippen molar-refractivity contribution in [1.82, 2.24) is 0 Å². The standard InChI is InChI=1S/C10H18Br2OSi/c1-5-9(13-14(2,3)4)6-8-7-10(8,11)12/h5,8-9H,1,6-7H2,2-4H3. The van der Waals surface area contributed by atoms with E-state index in [-0.39, 0.29) is 9.34 Å². The molecule has 0 bridgehead atoms. The Bertz CT molecular complexity index is 223. The fraction of sp³-hybridized carbons (Fsp3) is 0.800. The van der Waals surface area contributed by atoms with Gasteiger partial charge in [-0.2, -0.15) is 0 Å². The lowest BCUT2D eigenvalue weighted by Crippen LogP contribution is -2.31. The summed E-state index contributed by atoms with van der Waals surface area (Å²) in [6, 6.07) is 0. The van der Waals surface area contributed by atoms with Crippen LogP contribution in [0.4, 0.5) is 0 Å². The van der Waals surface area contributed by atoms with Crippen LogP contribution in [0.1, 0.15) is 12.8 Å². The summed E-state index contributed by atoms with van der Waals surface area (Å²) in [5, 5.41) is 0. The van der Waals surface area contributed by atoms with Crippen LogP contribution in [0.15, 0.2) is 12.7 Å². The molecule has 82 valence electrons. The molecule has 1 nitrogen and oxygen atoms in total. The molecule has 0 aromatic rings. The van der Waals surface area contributed by atoms with E-state index in [1.165, 1.54) is 6.42 Å². The average molecular weight is 342 g/mol. The number of hydrogen-bond acceptors (Lipinski definition) is 1. The second kappa shape index (κ2) is 4.40. The predicted molar refractivity (Wildman–Crippen MR) is 71.7 cm³/mol. The van der Waals surface area contributed by atoms with E-state index < -0.39 is 8.32 Å². The van der Waals surface area contributed by atoms with Gasteiger partial charge in [0, 0.05) is 0 Å². The summed E-state index contributed by atoms with van der Waals surface area (Å²) in [5.74, 6) is 0.682. The molecule has 0 radical (unpaired) electrons. The van der Waals surface area contributed by atoms with E-state index in [4.69, 9.17) is 4.43 Å². The smallest absolute Gasteiger partial charge is 0.184 e. The van der Waals surface area contributed by atoms with Gasteiger partial charge in [-0.1, -0.05) is 37.9 Å². The van der Waals surface area contributed by atoms with Crippen molar-refractivity contribution in [3.05, 3.63) is 12.7 Å². The molecule has 2 unspecified atom stereocenters. The van der Waals surface area contributed by atoms with E-state index in [0.29, 0.717) is 5.92 Å². The predicted octanol–water partition coefficient (Wildman–Crippen LogP) is 4.29. The highest BCUT2D eigenvalue weighted by Crippen LogP contribution is 2.58. The highest BCUT2D eigenvalue weighted by Gasteiger charge is 2.50. The Balaban J connectivity index is 2.37. The minimum atomic E-state index is -1.43. The number of rotatable bonds is 5. The molecule has 2 atom stereocenters. The largest absolute Gasteiger partial charge is 0.411 e. The van der Waals surface area contributed by atoms with E-state index in [1.807, 2.05) is 6.08 Å². The molecule has 0 spiro atoms. The Morgan fingerprint density at radius 1 is 1.57 bits per heavy atom. The van der Waals surface area contributed by atoms with E-state index in [9.17, 15) is 0 Å². The Morgan fingerprint density at radius 2 is 2.07 bits per heavy atom. The summed E-state index contributed by atoms with van der Waals surface area (Å²) in [6.45, 7) is 10.5. The molecule has 1 aliphatic carbocycles. The molecule has 0 N–H and O–H groups in total. The van der Waals surface area contributed by atoms with E-state index in [1.54, 1.807) is 0 Å². The van der Waals surface area contributed by atoms with Crippen LogP contribution in [0, 0.1) is 5.92 Å². The van der Waals surface area contributed by atoms with Crippen LogP contribution >= 0.6 is 31.9 Å². The van der Waals surface area contributed by atoms with Crippen molar-refractivity contribution in [3.63, 3.8) is 0 Å². The van der Waals surface area contributed by atoms with Gasteiger partial charge in [-0.05, 0) is 38.4 Å². The molecular formula is C10H18Br2OSi. The van der Waals surface area contributed by atoms with Gasteiger partial charge in [-0.3, -0.25) is 0 Å². The van der Waals surface area contributed by atoms with Crippen LogP contribution in [0.25, 0.3) is 0 Å². The molecule has 0 heterocycles. The lowest BCUT2D eigenvalue weighted by molar-refractivity contribution is 0.224. The van der Waals surface area contributed by atoms with E-state index in [0.717, 1.165) is 6.42 Å². The maximum Gasteiger partial charge on any atom is 0.184 e. The van der Waals surface area contributed by atoms with Gasteiger partial charge in [0.15, 0.2) is 8.32 Å². The Labute approximate surface area is 105 Å². The summed E-state index contributed by atoms with van der Waals surface area (Å²) in [4.78, 5) is 0. The van der Waals surface area contributed by atoms with Gasteiger partial charge in [0.2, 0.25) is 0 Å². The first-order chi connectivity index (χ1) is 6.24. The molecule has 0 amide bonds. The molecule has 0 aromatic carbocycles. The first-order valence-electron chi connectivity index (χ1n) is 4.93. The van der Waals surface area contributed by atoms with Crippen molar-refractivity contribution in [1.29, 1.82) is 0 Å².